The van der Waals surface area contributed by atoms with Gasteiger partial charge in [-0.05, 0) is 25.6 Å². The Kier molecular flexibility index (Phi) is 2.82. The predicted octanol–water partition coefficient (Wildman–Crippen LogP) is 1.57. The molecule has 5 nitrogen and oxygen atoms in total. The summed E-state index contributed by atoms with van der Waals surface area (Å²) in [5.41, 5.74) is 0.385. The Morgan fingerprint density at radius 1 is 1.56 bits per heavy atom. The lowest BCUT2D eigenvalue weighted by atomic mass is 10.4. The minimum atomic E-state index is -0.124. The summed E-state index contributed by atoms with van der Waals surface area (Å²) in [7, 11) is 0. The molecule has 0 bridgehead atoms. The van der Waals surface area contributed by atoms with Crippen molar-refractivity contribution < 1.29 is 0 Å². The summed E-state index contributed by atoms with van der Waals surface area (Å²) in [6.45, 7) is 4.38. The maximum atomic E-state index is 12.0. The first-order chi connectivity index (χ1) is 7.63. The molecule has 0 atom stereocenters. The van der Waals surface area contributed by atoms with Gasteiger partial charge in [0.15, 0.2) is 4.77 Å². The Morgan fingerprint density at radius 2 is 2.31 bits per heavy atom. The van der Waals surface area contributed by atoms with Crippen LogP contribution < -0.4 is 5.56 Å². The van der Waals surface area contributed by atoms with Crippen molar-refractivity contribution in [2.24, 2.45) is 0 Å². The van der Waals surface area contributed by atoms with Gasteiger partial charge < -0.3 is 4.98 Å². The van der Waals surface area contributed by atoms with Crippen molar-refractivity contribution in [2.75, 3.05) is 0 Å². The molecule has 0 saturated heterocycles. The van der Waals surface area contributed by atoms with Gasteiger partial charge in [-0.25, -0.2) is 9.97 Å². The molecule has 16 heavy (non-hydrogen) atoms. The molecule has 0 fully saturated rings. The van der Waals surface area contributed by atoms with Gasteiger partial charge >= 0.3 is 0 Å². The number of nitrogens with one attached hydrogen (secondary N) is 1. The molecule has 2 aromatic heterocycles. The van der Waals surface area contributed by atoms with Gasteiger partial charge in [0, 0.05) is 12.7 Å². The standard InChI is InChI=1S/C10H12N4OS/c1-3-4-14-9(15)7-5-11-6(2)12-8(7)13-10(14)16/h5H,3-4H2,1-2H3,(H,11,12,13,16). The van der Waals surface area contributed by atoms with Crippen molar-refractivity contribution in [2.45, 2.75) is 26.8 Å². The fourth-order valence-corrected chi connectivity index (χ4v) is 1.83. The zero-order valence-electron chi connectivity index (χ0n) is 9.15. The molecular formula is C10H12N4OS. The molecule has 0 aromatic carbocycles. The van der Waals surface area contributed by atoms with Gasteiger partial charge in [-0.15, -0.1) is 0 Å². The maximum Gasteiger partial charge on any atom is 0.265 e. The number of aromatic amines is 1. The number of hydrogen-bond donors (Lipinski definition) is 1. The molecule has 0 aliphatic heterocycles. The molecule has 1 N–H and O–H groups in total. The second-order valence-corrected chi connectivity index (χ2v) is 3.95. The van der Waals surface area contributed by atoms with Crippen LogP contribution in [0.3, 0.4) is 0 Å². The lowest BCUT2D eigenvalue weighted by Gasteiger charge is -2.05. The van der Waals surface area contributed by atoms with E-state index in [0.717, 1.165) is 6.42 Å². The van der Waals surface area contributed by atoms with Gasteiger partial charge in [0.25, 0.3) is 5.56 Å². The number of rotatable bonds is 2. The molecule has 0 saturated carbocycles. The van der Waals surface area contributed by atoms with E-state index in [1.54, 1.807) is 6.92 Å². The van der Waals surface area contributed by atoms with Gasteiger partial charge in [0.2, 0.25) is 0 Å². The Hall–Kier alpha value is -1.56. The maximum absolute atomic E-state index is 12.0. The highest BCUT2D eigenvalue weighted by Gasteiger charge is 2.06. The Balaban J connectivity index is 2.84. The average Bonchev–Trinajstić information content (AvgIpc) is 2.23. The van der Waals surface area contributed by atoms with Gasteiger partial charge in [-0.2, -0.15) is 0 Å². The first-order valence-electron chi connectivity index (χ1n) is 5.10. The molecule has 2 aromatic rings. The minimum absolute atomic E-state index is 0.124. The van der Waals surface area contributed by atoms with Crippen molar-refractivity contribution in [1.82, 2.24) is 19.5 Å². The summed E-state index contributed by atoms with van der Waals surface area (Å²) in [5.74, 6) is 0.616. The van der Waals surface area contributed by atoms with Crippen LogP contribution in [-0.4, -0.2) is 19.5 Å². The minimum Gasteiger partial charge on any atom is -0.316 e. The largest absolute Gasteiger partial charge is 0.316 e. The van der Waals surface area contributed by atoms with Crippen LogP contribution in [0.5, 0.6) is 0 Å². The highest BCUT2D eigenvalue weighted by atomic mass is 32.1. The Labute approximate surface area is 97.2 Å². The highest BCUT2D eigenvalue weighted by Crippen LogP contribution is 2.03. The van der Waals surface area contributed by atoms with E-state index in [4.69, 9.17) is 12.2 Å². The SMILES string of the molecule is CCCn1c(=S)[nH]c2nc(C)ncc2c1=O. The molecule has 6 heteroatoms. The smallest absolute Gasteiger partial charge is 0.265 e. The van der Waals surface area contributed by atoms with Crippen LogP contribution in [0.25, 0.3) is 11.0 Å². The van der Waals surface area contributed by atoms with E-state index in [-0.39, 0.29) is 5.56 Å². The van der Waals surface area contributed by atoms with Crippen LogP contribution in [0.2, 0.25) is 0 Å². The molecule has 0 unspecified atom stereocenters. The molecular weight excluding hydrogens is 224 g/mol. The van der Waals surface area contributed by atoms with Crippen LogP contribution in [0.4, 0.5) is 0 Å². The van der Waals surface area contributed by atoms with Gasteiger partial charge in [0.05, 0.1) is 0 Å². The van der Waals surface area contributed by atoms with E-state index in [1.807, 2.05) is 6.92 Å². The lowest BCUT2D eigenvalue weighted by molar-refractivity contribution is 0.637. The first kappa shape index (κ1) is 10.9. The molecule has 84 valence electrons. The van der Waals surface area contributed by atoms with E-state index in [2.05, 4.69) is 15.0 Å². The third-order valence-corrected chi connectivity index (χ3v) is 2.62. The lowest BCUT2D eigenvalue weighted by Crippen LogP contribution is -2.22. The molecule has 0 amide bonds. The topological polar surface area (TPSA) is 63.6 Å². The van der Waals surface area contributed by atoms with E-state index >= 15 is 0 Å². The number of H-pyrrole nitrogens is 1. The van der Waals surface area contributed by atoms with E-state index in [9.17, 15) is 4.79 Å². The van der Waals surface area contributed by atoms with Crippen molar-refractivity contribution in [3.05, 3.63) is 27.1 Å². The van der Waals surface area contributed by atoms with Gasteiger partial charge in [-0.3, -0.25) is 9.36 Å². The molecule has 2 heterocycles. The number of nitrogens with zero attached hydrogens (tertiary/aromatic N) is 3. The summed E-state index contributed by atoms with van der Waals surface area (Å²) < 4.78 is 1.95. The number of fused-ring (bicyclic) bond motifs is 1. The predicted molar refractivity (Wildman–Crippen MR) is 64.0 cm³/mol. The molecule has 0 aliphatic rings. The summed E-state index contributed by atoms with van der Waals surface area (Å²) in [4.78, 5) is 23.2. The van der Waals surface area contributed by atoms with Crippen molar-refractivity contribution >= 4 is 23.3 Å². The fraction of sp³-hybridized carbons (Fsp3) is 0.400. The number of aromatic nitrogens is 4. The number of aryl methyl sites for hydroxylation is 1. The highest BCUT2D eigenvalue weighted by molar-refractivity contribution is 7.71. The monoisotopic (exact) mass is 236 g/mol. The first-order valence-corrected chi connectivity index (χ1v) is 5.50. The van der Waals surface area contributed by atoms with Crippen LogP contribution in [0.15, 0.2) is 11.0 Å². The summed E-state index contributed by atoms with van der Waals surface area (Å²) >= 11 is 5.12. The molecule has 2 rings (SSSR count). The van der Waals surface area contributed by atoms with Crippen LogP contribution in [-0.2, 0) is 6.54 Å². The van der Waals surface area contributed by atoms with Crippen molar-refractivity contribution in [3.8, 4) is 0 Å². The van der Waals surface area contributed by atoms with Gasteiger partial charge in [-0.1, -0.05) is 6.92 Å². The van der Waals surface area contributed by atoms with Crippen LogP contribution in [0.1, 0.15) is 19.2 Å². The van der Waals surface area contributed by atoms with E-state index < -0.39 is 0 Å². The summed E-state index contributed by atoms with van der Waals surface area (Å²) in [6.07, 6.45) is 2.40. The second-order valence-electron chi connectivity index (χ2n) is 3.57. The average molecular weight is 236 g/mol. The number of hydrogen-bond acceptors (Lipinski definition) is 4. The van der Waals surface area contributed by atoms with Crippen molar-refractivity contribution in [3.63, 3.8) is 0 Å². The van der Waals surface area contributed by atoms with E-state index in [1.165, 1.54) is 10.8 Å². The summed E-state index contributed by atoms with van der Waals surface area (Å²) in [5, 5.41) is 0.479. The van der Waals surface area contributed by atoms with Gasteiger partial charge in [0.1, 0.15) is 16.9 Å². The normalized spacial score (nSPS) is 10.9. The third-order valence-electron chi connectivity index (χ3n) is 2.30. The third kappa shape index (κ3) is 1.76. The zero-order valence-corrected chi connectivity index (χ0v) is 9.97. The summed E-state index contributed by atoms with van der Waals surface area (Å²) in [6, 6.07) is 0. The molecule has 0 aliphatic carbocycles. The Bertz CT molecular complexity index is 643. The van der Waals surface area contributed by atoms with E-state index in [0.29, 0.717) is 28.2 Å². The zero-order chi connectivity index (χ0) is 11.7. The molecule has 0 radical (unpaired) electrons. The quantitative estimate of drug-likeness (QED) is 0.804. The van der Waals surface area contributed by atoms with Crippen LogP contribution >= 0.6 is 12.2 Å². The second kappa shape index (κ2) is 4.13. The van der Waals surface area contributed by atoms with Crippen LogP contribution in [0, 0.1) is 11.7 Å². The van der Waals surface area contributed by atoms with Crippen molar-refractivity contribution in [1.29, 1.82) is 0 Å². The fourth-order valence-electron chi connectivity index (χ4n) is 1.55. The molecule has 0 spiro atoms. The Morgan fingerprint density at radius 3 is 3.00 bits per heavy atom.